The highest BCUT2D eigenvalue weighted by Crippen LogP contribution is 2.35. The van der Waals surface area contributed by atoms with Gasteiger partial charge in [0.2, 0.25) is 11.2 Å². The first-order valence-corrected chi connectivity index (χ1v) is 9.31. The summed E-state index contributed by atoms with van der Waals surface area (Å²) < 4.78 is 50.0. The van der Waals surface area contributed by atoms with E-state index >= 15 is 0 Å². The number of nitrogens with two attached hydrogens (primary N) is 1. The zero-order valence-corrected chi connectivity index (χ0v) is 15.8. The molecule has 0 radical (unpaired) electrons. The summed E-state index contributed by atoms with van der Waals surface area (Å²) in [5.41, 5.74) is 5.14. The number of anilines is 2. The Balaban J connectivity index is 2.17. The molecular formula is C13H15F3N6O4S2. The van der Waals surface area contributed by atoms with Crippen molar-refractivity contribution in [2.24, 2.45) is 5.73 Å². The van der Waals surface area contributed by atoms with Crippen molar-refractivity contribution in [2.45, 2.75) is 12.6 Å². The van der Waals surface area contributed by atoms with Crippen LogP contribution in [0, 0.1) is 0 Å². The molecule has 0 aromatic carbocycles. The number of alkyl halides is 3. The Hall–Kier alpha value is -2.49. The highest BCUT2D eigenvalue weighted by Gasteiger charge is 2.30. The van der Waals surface area contributed by atoms with E-state index in [1.807, 2.05) is 0 Å². The van der Waals surface area contributed by atoms with E-state index in [2.05, 4.69) is 15.5 Å². The van der Waals surface area contributed by atoms with Crippen LogP contribution < -0.4 is 15.5 Å². The molecule has 0 spiro atoms. The molecule has 0 aliphatic heterocycles. The summed E-state index contributed by atoms with van der Waals surface area (Å²) in [6.07, 6.45) is -4.35. The minimum Gasteiger partial charge on any atom is -0.366 e. The van der Waals surface area contributed by atoms with Gasteiger partial charge in [-0.1, -0.05) is 11.3 Å². The number of aromatic amines is 1. The smallest absolute Gasteiger partial charge is 0.366 e. The zero-order chi connectivity index (χ0) is 21.1. The Morgan fingerprint density at radius 2 is 2.14 bits per heavy atom. The van der Waals surface area contributed by atoms with Gasteiger partial charge in [-0.05, 0) is 12.1 Å². The Kier molecular flexibility index (Phi) is 6.76. The second kappa shape index (κ2) is 8.68. The standard InChI is InChI=1S/C13H15F3N6O4S2/c1-21(5-3-13(14,15)16)28(26)22(25)9-6-7(10(17)23)12(27-9)19-11(24)8-2-4-18-20-8/h2,4,6,25H,3,5H2,1H3,(H2,17,23)(H,18,20)(H,19,24). The molecule has 0 bridgehead atoms. The van der Waals surface area contributed by atoms with E-state index < -0.39 is 42.1 Å². The molecule has 2 heterocycles. The Labute approximate surface area is 162 Å². The zero-order valence-electron chi connectivity index (χ0n) is 14.2. The lowest BCUT2D eigenvalue weighted by Gasteiger charge is -2.21. The number of H-pyrrole nitrogens is 1. The average molecular weight is 440 g/mol. The summed E-state index contributed by atoms with van der Waals surface area (Å²) >= 11 is -1.74. The highest BCUT2D eigenvalue weighted by atomic mass is 32.2. The minimum absolute atomic E-state index is 0.0453. The molecule has 5 N–H and O–H groups in total. The molecule has 0 fully saturated rings. The second-order valence-corrected chi connectivity index (χ2v) is 7.80. The van der Waals surface area contributed by atoms with Gasteiger partial charge in [0.25, 0.3) is 11.8 Å². The van der Waals surface area contributed by atoms with Crippen molar-refractivity contribution in [2.75, 3.05) is 23.4 Å². The maximum absolute atomic E-state index is 12.3. The van der Waals surface area contributed by atoms with E-state index in [1.54, 1.807) is 0 Å². The summed E-state index contributed by atoms with van der Waals surface area (Å²) in [5, 5.41) is 18.3. The number of hydrogen-bond donors (Lipinski definition) is 4. The largest absolute Gasteiger partial charge is 0.390 e. The summed E-state index contributed by atoms with van der Waals surface area (Å²) in [6.45, 7) is -0.634. The number of primary amides is 1. The monoisotopic (exact) mass is 440 g/mol. The van der Waals surface area contributed by atoms with Crippen molar-refractivity contribution in [3.05, 3.63) is 29.6 Å². The van der Waals surface area contributed by atoms with Crippen LogP contribution in [-0.4, -0.2) is 55.5 Å². The van der Waals surface area contributed by atoms with Crippen LogP contribution in [0.4, 0.5) is 23.2 Å². The fraction of sp³-hybridized carbons (Fsp3) is 0.308. The van der Waals surface area contributed by atoms with Gasteiger partial charge >= 0.3 is 6.18 Å². The molecule has 2 aromatic heterocycles. The summed E-state index contributed by atoms with van der Waals surface area (Å²) in [6, 6.07) is 2.43. The summed E-state index contributed by atoms with van der Waals surface area (Å²) in [5.74, 6) is -1.59. The normalized spacial score (nSPS) is 12.8. The topological polar surface area (TPSA) is 145 Å². The van der Waals surface area contributed by atoms with Crippen molar-refractivity contribution in [1.82, 2.24) is 14.5 Å². The van der Waals surface area contributed by atoms with Gasteiger partial charge in [-0.3, -0.25) is 19.9 Å². The van der Waals surface area contributed by atoms with E-state index in [0.29, 0.717) is 11.3 Å². The maximum atomic E-state index is 12.3. The fourth-order valence-electron chi connectivity index (χ4n) is 1.87. The van der Waals surface area contributed by atoms with E-state index in [4.69, 9.17) is 5.73 Å². The quantitative estimate of drug-likeness (QED) is 0.460. The van der Waals surface area contributed by atoms with Gasteiger partial charge in [-0.2, -0.15) is 18.3 Å². The van der Waals surface area contributed by atoms with E-state index in [-0.39, 0.29) is 25.7 Å². The molecule has 154 valence electrons. The van der Waals surface area contributed by atoms with Crippen LogP contribution >= 0.6 is 11.3 Å². The lowest BCUT2D eigenvalue weighted by Crippen LogP contribution is -2.36. The van der Waals surface area contributed by atoms with Crippen LogP contribution in [0.2, 0.25) is 0 Å². The average Bonchev–Trinajstić information content (AvgIpc) is 3.27. The van der Waals surface area contributed by atoms with Crippen LogP contribution in [0.3, 0.4) is 0 Å². The van der Waals surface area contributed by atoms with Gasteiger partial charge in [-0.15, -0.1) is 4.47 Å². The molecule has 28 heavy (non-hydrogen) atoms. The number of carbonyl (C=O) groups is 2. The highest BCUT2D eigenvalue weighted by molar-refractivity contribution is 7.84. The number of rotatable bonds is 8. The van der Waals surface area contributed by atoms with E-state index in [9.17, 15) is 32.2 Å². The number of amides is 2. The molecule has 2 aromatic rings. The maximum Gasteiger partial charge on any atom is 0.390 e. The molecule has 0 aliphatic rings. The first kappa shape index (κ1) is 21.8. The number of aromatic nitrogens is 2. The number of nitrogens with one attached hydrogen (secondary N) is 2. The van der Waals surface area contributed by atoms with Gasteiger partial charge in [0.1, 0.15) is 15.7 Å². The number of carbonyl (C=O) groups excluding carboxylic acids is 2. The van der Waals surface area contributed by atoms with Crippen molar-refractivity contribution in [3.63, 3.8) is 0 Å². The van der Waals surface area contributed by atoms with Crippen LogP contribution in [0.25, 0.3) is 0 Å². The Morgan fingerprint density at radius 3 is 2.68 bits per heavy atom. The van der Waals surface area contributed by atoms with Gasteiger partial charge < -0.3 is 11.1 Å². The molecule has 0 saturated carbocycles. The minimum atomic E-state index is -4.45. The number of hydrogen-bond acceptors (Lipinski definition) is 6. The third-order valence-electron chi connectivity index (χ3n) is 3.27. The lowest BCUT2D eigenvalue weighted by molar-refractivity contribution is -0.135. The number of nitrogens with zero attached hydrogens (tertiary/aromatic N) is 3. The van der Waals surface area contributed by atoms with Gasteiger partial charge in [0.05, 0.1) is 12.0 Å². The fourth-order valence-corrected chi connectivity index (χ4v) is 3.77. The van der Waals surface area contributed by atoms with Crippen LogP contribution in [0.1, 0.15) is 27.3 Å². The predicted octanol–water partition coefficient (Wildman–Crippen LogP) is 1.48. The first-order valence-electron chi connectivity index (χ1n) is 7.43. The molecule has 15 heteroatoms. The van der Waals surface area contributed by atoms with Crippen LogP contribution in [0.15, 0.2) is 18.3 Å². The molecule has 2 amide bonds. The van der Waals surface area contributed by atoms with Gasteiger partial charge in [0, 0.05) is 19.8 Å². The SMILES string of the molecule is CN(CCC(F)(F)F)S(=O)N(O)c1cc(C(N)=O)c(NC(=O)c2ccn[nH]2)s1. The molecule has 0 saturated heterocycles. The van der Waals surface area contributed by atoms with Crippen molar-refractivity contribution in [3.8, 4) is 0 Å². The van der Waals surface area contributed by atoms with Gasteiger partial charge in [0.15, 0.2) is 0 Å². The van der Waals surface area contributed by atoms with Crippen molar-refractivity contribution < 1.29 is 32.2 Å². The molecule has 1 atom stereocenters. The third-order valence-corrected chi connectivity index (χ3v) is 5.62. The molecule has 2 rings (SSSR count). The summed E-state index contributed by atoms with van der Waals surface area (Å²) in [4.78, 5) is 23.7. The molecule has 0 aliphatic carbocycles. The van der Waals surface area contributed by atoms with Gasteiger partial charge in [-0.25, -0.2) is 8.51 Å². The second-order valence-electron chi connectivity index (χ2n) is 5.34. The number of thiophene rings is 1. The third kappa shape index (κ3) is 5.51. The molecular weight excluding hydrogens is 425 g/mol. The Bertz CT molecular complexity index is 870. The lowest BCUT2D eigenvalue weighted by atomic mass is 10.3. The van der Waals surface area contributed by atoms with Crippen LogP contribution in [-0.2, 0) is 11.2 Å². The Morgan fingerprint density at radius 1 is 1.46 bits per heavy atom. The van der Waals surface area contributed by atoms with Crippen molar-refractivity contribution >= 4 is 44.3 Å². The van der Waals surface area contributed by atoms with E-state index in [0.717, 1.165) is 17.4 Å². The molecule has 10 nitrogen and oxygen atoms in total. The van der Waals surface area contributed by atoms with Crippen molar-refractivity contribution in [1.29, 1.82) is 0 Å². The number of halogens is 3. The van der Waals surface area contributed by atoms with Crippen LogP contribution in [0.5, 0.6) is 0 Å². The van der Waals surface area contributed by atoms with E-state index in [1.165, 1.54) is 12.3 Å². The molecule has 1 unspecified atom stereocenters. The first-order chi connectivity index (χ1) is 13.0. The summed E-state index contributed by atoms with van der Waals surface area (Å²) in [7, 11) is 1.12. The predicted molar refractivity (Wildman–Crippen MR) is 95.1 cm³/mol.